The molecule has 2 aliphatic heterocycles. The van der Waals surface area contributed by atoms with Gasteiger partial charge in [-0.1, -0.05) is 30.3 Å². The Hall–Kier alpha value is -2.81. The Morgan fingerprint density at radius 3 is 2.76 bits per heavy atom. The molecular formula is C26H31N5O2S. The molecule has 0 saturated heterocycles. The van der Waals surface area contributed by atoms with Crippen LogP contribution in [-0.4, -0.2) is 22.9 Å². The fourth-order valence-electron chi connectivity index (χ4n) is 5.09. The number of aryl methyl sites for hydroxylation is 1. The van der Waals surface area contributed by atoms with Crippen molar-refractivity contribution in [1.29, 1.82) is 0 Å². The van der Waals surface area contributed by atoms with E-state index in [-0.39, 0.29) is 17.1 Å². The SMILES string of the molecule is CNCc1cc2c(s1)CNC2.O=CC1CCc2cnc(NC3(c4ccccc4)CCC3)c(=O)n21. The summed E-state index contributed by atoms with van der Waals surface area (Å²) in [6, 6.07) is 12.2. The number of hydrogen-bond acceptors (Lipinski definition) is 7. The first-order valence-electron chi connectivity index (χ1n) is 12.0. The predicted octanol–water partition coefficient (Wildman–Crippen LogP) is 3.49. The van der Waals surface area contributed by atoms with Crippen molar-refractivity contribution in [3.63, 3.8) is 0 Å². The van der Waals surface area contributed by atoms with Crippen LogP contribution in [0.5, 0.6) is 0 Å². The fourth-order valence-corrected chi connectivity index (χ4v) is 6.26. The topological polar surface area (TPSA) is 88.1 Å². The molecule has 1 atom stereocenters. The summed E-state index contributed by atoms with van der Waals surface area (Å²) < 4.78 is 1.60. The Balaban J connectivity index is 0.000000183. The van der Waals surface area contributed by atoms with E-state index in [9.17, 15) is 9.59 Å². The van der Waals surface area contributed by atoms with Gasteiger partial charge in [0.25, 0.3) is 5.56 Å². The van der Waals surface area contributed by atoms with Crippen LogP contribution in [0.25, 0.3) is 0 Å². The van der Waals surface area contributed by atoms with Gasteiger partial charge in [-0.25, -0.2) is 4.98 Å². The molecule has 34 heavy (non-hydrogen) atoms. The lowest BCUT2D eigenvalue weighted by Gasteiger charge is -2.43. The van der Waals surface area contributed by atoms with E-state index >= 15 is 0 Å². The van der Waals surface area contributed by atoms with Crippen LogP contribution in [0.3, 0.4) is 0 Å². The number of carbonyl (C=O) groups excluding carboxylic acids is 1. The van der Waals surface area contributed by atoms with Gasteiger partial charge in [-0.05, 0) is 56.3 Å². The number of carbonyl (C=O) groups is 1. The van der Waals surface area contributed by atoms with Gasteiger partial charge in [0.05, 0.1) is 11.6 Å². The first-order valence-corrected chi connectivity index (χ1v) is 12.8. The van der Waals surface area contributed by atoms with Crippen LogP contribution in [0.4, 0.5) is 5.82 Å². The highest BCUT2D eigenvalue weighted by Gasteiger charge is 2.40. The zero-order valence-electron chi connectivity index (χ0n) is 19.5. The molecule has 0 radical (unpaired) electrons. The number of nitrogens with one attached hydrogen (secondary N) is 3. The van der Waals surface area contributed by atoms with E-state index in [1.165, 1.54) is 20.9 Å². The Morgan fingerprint density at radius 2 is 2.09 bits per heavy atom. The Labute approximate surface area is 203 Å². The number of fused-ring (bicyclic) bond motifs is 2. The van der Waals surface area contributed by atoms with E-state index in [4.69, 9.17) is 0 Å². The van der Waals surface area contributed by atoms with Gasteiger partial charge >= 0.3 is 0 Å². The molecule has 1 saturated carbocycles. The summed E-state index contributed by atoms with van der Waals surface area (Å²) in [6.07, 6.45) is 7.10. The summed E-state index contributed by atoms with van der Waals surface area (Å²) >= 11 is 1.92. The van der Waals surface area contributed by atoms with Gasteiger partial charge in [0.2, 0.25) is 0 Å². The summed E-state index contributed by atoms with van der Waals surface area (Å²) in [6.45, 7) is 3.15. The lowest BCUT2D eigenvalue weighted by Crippen LogP contribution is -2.44. The van der Waals surface area contributed by atoms with Crippen molar-refractivity contribution in [2.75, 3.05) is 12.4 Å². The van der Waals surface area contributed by atoms with Crippen molar-refractivity contribution < 1.29 is 4.79 Å². The van der Waals surface area contributed by atoms with Gasteiger partial charge in [-0.3, -0.25) is 9.36 Å². The Kier molecular flexibility index (Phi) is 6.63. The van der Waals surface area contributed by atoms with Crippen LogP contribution in [0.15, 0.2) is 47.4 Å². The summed E-state index contributed by atoms with van der Waals surface area (Å²) in [5.74, 6) is 0.353. The average Bonchev–Trinajstić information content (AvgIpc) is 3.54. The van der Waals surface area contributed by atoms with Crippen LogP contribution in [0.1, 0.15) is 58.3 Å². The van der Waals surface area contributed by atoms with Gasteiger partial charge < -0.3 is 20.7 Å². The average molecular weight is 478 g/mol. The minimum absolute atomic E-state index is 0.181. The van der Waals surface area contributed by atoms with Crippen LogP contribution in [0.2, 0.25) is 0 Å². The molecule has 8 heteroatoms. The highest BCUT2D eigenvalue weighted by atomic mass is 32.1. The maximum Gasteiger partial charge on any atom is 0.294 e. The normalized spacial score (nSPS) is 19.4. The van der Waals surface area contributed by atoms with E-state index in [0.29, 0.717) is 12.2 Å². The number of nitrogens with zero attached hydrogens (tertiary/aromatic N) is 2. The second-order valence-electron chi connectivity index (χ2n) is 9.24. The smallest absolute Gasteiger partial charge is 0.294 e. The van der Waals surface area contributed by atoms with Gasteiger partial charge in [0, 0.05) is 41.3 Å². The fraction of sp³-hybridized carbons (Fsp3) is 0.423. The lowest BCUT2D eigenvalue weighted by atomic mass is 9.72. The molecule has 1 fully saturated rings. The first kappa shape index (κ1) is 23.0. The number of rotatable bonds is 6. The Morgan fingerprint density at radius 1 is 1.26 bits per heavy atom. The van der Waals surface area contributed by atoms with E-state index in [0.717, 1.165) is 57.3 Å². The highest BCUT2D eigenvalue weighted by Crippen LogP contribution is 2.43. The first-order chi connectivity index (χ1) is 16.6. The maximum atomic E-state index is 12.8. The molecule has 0 bridgehead atoms. The monoisotopic (exact) mass is 477 g/mol. The molecular weight excluding hydrogens is 446 g/mol. The van der Waals surface area contributed by atoms with E-state index in [1.54, 1.807) is 10.8 Å². The predicted molar refractivity (Wildman–Crippen MR) is 135 cm³/mol. The molecule has 4 heterocycles. The van der Waals surface area contributed by atoms with Crippen molar-refractivity contribution in [3.05, 3.63) is 79.5 Å². The van der Waals surface area contributed by atoms with Gasteiger partial charge in [0.15, 0.2) is 5.82 Å². The Bertz CT molecular complexity index is 1190. The molecule has 7 nitrogen and oxygen atoms in total. The minimum atomic E-state index is -0.352. The third-order valence-electron chi connectivity index (χ3n) is 7.05. The van der Waals surface area contributed by atoms with Gasteiger partial charge in [0.1, 0.15) is 6.29 Å². The summed E-state index contributed by atoms with van der Waals surface area (Å²) in [5.41, 5.74) is 3.14. The van der Waals surface area contributed by atoms with Crippen molar-refractivity contribution in [3.8, 4) is 0 Å². The van der Waals surface area contributed by atoms with Crippen LogP contribution in [-0.2, 0) is 36.4 Å². The molecule has 6 rings (SSSR count). The maximum absolute atomic E-state index is 12.8. The quantitative estimate of drug-likeness (QED) is 0.471. The van der Waals surface area contributed by atoms with Crippen molar-refractivity contribution in [2.24, 2.45) is 0 Å². The number of aromatic nitrogens is 2. The third-order valence-corrected chi connectivity index (χ3v) is 8.23. The zero-order valence-corrected chi connectivity index (χ0v) is 20.3. The molecule has 3 N–H and O–H groups in total. The standard InChI is InChI=1S/C18H19N3O2.C8H12N2S/c22-12-15-8-7-14-11-19-16(17(23)21(14)15)20-18(9-4-10-18)13-5-2-1-3-6-13;1-9-4-7-2-6-3-10-5-8(6)11-7/h1-3,5-6,11-12,15H,4,7-10H2,(H,19,20);2,9-10H,3-5H2,1H3. The third kappa shape index (κ3) is 4.33. The minimum Gasteiger partial charge on any atom is -0.356 e. The van der Waals surface area contributed by atoms with Crippen molar-refractivity contribution in [2.45, 2.75) is 63.3 Å². The van der Waals surface area contributed by atoms with E-state index in [2.05, 4.69) is 39.1 Å². The number of aldehydes is 1. The van der Waals surface area contributed by atoms with E-state index < -0.39 is 0 Å². The molecule has 3 aliphatic rings. The van der Waals surface area contributed by atoms with Crippen molar-refractivity contribution >= 4 is 23.4 Å². The van der Waals surface area contributed by atoms with Gasteiger partial charge in [-0.2, -0.15) is 0 Å². The highest BCUT2D eigenvalue weighted by molar-refractivity contribution is 7.12. The van der Waals surface area contributed by atoms with Gasteiger partial charge in [-0.15, -0.1) is 11.3 Å². The lowest BCUT2D eigenvalue weighted by molar-refractivity contribution is -0.110. The zero-order chi connectivity index (χ0) is 23.5. The second kappa shape index (κ2) is 9.82. The molecule has 1 aliphatic carbocycles. The molecule has 1 unspecified atom stereocenters. The number of thiophene rings is 1. The molecule has 2 aromatic heterocycles. The molecule has 1 aromatic carbocycles. The second-order valence-corrected chi connectivity index (χ2v) is 10.5. The summed E-state index contributed by atoms with van der Waals surface area (Å²) in [5, 5.41) is 9.88. The molecule has 0 spiro atoms. The number of hydrogen-bond donors (Lipinski definition) is 3. The van der Waals surface area contributed by atoms with E-state index in [1.807, 2.05) is 36.6 Å². The molecule has 178 valence electrons. The molecule has 3 aromatic rings. The number of benzene rings is 1. The number of anilines is 1. The summed E-state index contributed by atoms with van der Waals surface area (Å²) in [7, 11) is 1.99. The largest absolute Gasteiger partial charge is 0.356 e. The van der Waals surface area contributed by atoms with Crippen LogP contribution in [0, 0.1) is 0 Å². The summed E-state index contributed by atoms with van der Waals surface area (Å²) in [4.78, 5) is 31.3. The van der Waals surface area contributed by atoms with Crippen LogP contribution < -0.4 is 21.5 Å². The van der Waals surface area contributed by atoms with Crippen LogP contribution >= 0.6 is 11.3 Å². The van der Waals surface area contributed by atoms with Crippen molar-refractivity contribution in [1.82, 2.24) is 20.2 Å². The molecule has 0 amide bonds.